The van der Waals surface area contributed by atoms with Crippen LogP contribution in [0.25, 0.3) is 0 Å². The molecule has 0 amide bonds. The van der Waals surface area contributed by atoms with E-state index in [-0.39, 0.29) is 11.5 Å². The molecule has 110 valence electrons. The lowest BCUT2D eigenvalue weighted by Crippen LogP contribution is -2.63. The molecule has 3 rings (SSSR count). The topological polar surface area (TPSA) is 35.2 Å². The summed E-state index contributed by atoms with van der Waals surface area (Å²) in [5.41, 5.74) is 6.59. The van der Waals surface area contributed by atoms with Crippen LogP contribution in [0.4, 0.5) is 0 Å². The second-order valence-electron chi connectivity index (χ2n) is 6.17. The molecule has 2 atom stereocenters. The molecule has 0 bridgehead atoms. The standard InChI is InChI=1S/C16H21Br2NO/c17-11-5-6-13(12(18)9-11)20-15-10-14(19)16(15)7-3-1-2-4-8-16/h5-6,9,14-15H,1-4,7-8,10,19H2. The predicted octanol–water partition coefficient (Wildman–Crippen LogP) is 5.03. The molecule has 1 aromatic carbocycles. The molecule has 20 heavy (non-hydrogen) atoms. The molecule has 2 unspecified atom stereocenters. The normalized spacial score (nSPS) is 28.8. The average Bonchev–Trinajstić information content (AvgIpc) is 2.69. The minimum atomic E-state index is 0.225. The van der Waals surface area contributed by atoms with Crippen LogP contribution in [0, 0.1) is 5.41 Å². The molecular formula is C16H21Br2NO. The van der Waals surface area contributed by atoms with E-state index in [1.165, 1.54) is 38.5 Å². The highest BCUT2D eigenvalue weighted by atomic mass is 79.9. The summed E-state index contributed by atoms with van der Waals surface area (Å²) in [7, 11) is 0. The minimum Gasteiger partial charge on any atom is -0.489 e. The number of hydrogen-bond donors (Lipinski definition) is 1. The zero-order valence-corrected chi connectivity index (χ0v) is 14.8. The first kappa shape index (κ1) is 14.9. The van der Waals surface area contributed by atoms with Crippen LogP contribution in [0.2, 0.25) is 0 Å². The second kappa shape index (κ2) is 5.98. The fourth-order valence-corrected chi connectivity index (χ4v) is 4.89. The van der Waals surface area contributed by atoms with Crippen LogP contribution in [0.5, 0.6) is 5.75 Å². The van der Waals surface area contributed by atoms with Gasteiger partial charge in [-0.1, -0.05) is 41.6 Å². The first-order valence-corrected chi connectivity index (χ1v) is 9.08. The molecule has 2 saturated carbocycles. The van der Waals surface area contributed by atoms with Crippen molar-refractivity contribution in [2.75, 3.05) is 0 Å². The Labute approximate surface area is 137 Å². The molecule has 1 spiro atoms. The molecule has 0 aromatic heterocycles. The third-order valence-electron chi connectivity index (χ3n) is 5.05. The fraction of sp³-hybridized carbons (Fsp3) is 0.625. The third-order valence-corrected chi connectivity index (χ3v) is 6.16. The monoisotopic (exact) mass is 401 g/mol. The quantitative estimate of drug-likeness (QED) is 0.752. The molecule has 1 aromatic rings. The first-order chi connectivity index (χ1) is 9.62. The van der Waals surface area contributed by atoms with E-state index in [0.717, 1.165) is 21.1 Å². The molecule has 2 aliphatic rings. The molecule has 0 heterocycles. The van der Waals surface area contributed by atoms with Crippen LogP contribution in [-0.2, 0) is 0 Å². The number of halogens is 2. The number of nitrogens with two attached hydrogens (primary N) is 1. The number of benzene rings is 1. The number of ether oxygens (including phenoxy) is 1. The van der Waals surface area contributed by atoms with Crippen molar-refractivity contribution in [3.8, 4) is 5.75 Å². The molecule has 2 aliphatic carbocycles. The molecule has 4 heteroatoms. The molecule has 0 saturated heterocycles. The predicted molar refractivity (Wildman–Crippen MR) is 89.0 cm³/mol. The van der Waals surface area contributed by atoms with Crippen molar-refractivity contribution in [2.45, 2.75) is 57.1 Å². The summed E-state index contributed by atoms with van der Waals surface area (Å²) in [5.74, 6) is 0.939. The van der Waals surface area contributed by atoms with E-state index in [4.69, 9.17) is 10.5 Å². The SMILES string of the molecule is NC1CC(Oc2ccc(Br)cc2Br)C12CCCCCC2. The Morgan fingerprint density at radius 1 is 1.10 bits per heavy atom. The summed E-state index contributed by atoms with van der Waals surface area (Å²) in [4.78, 5) is 0. The Morgan fingerprint density at radius 3 is 2.40 bits per heavy atom. The van der Waals surface area contributed by atoms with E-state index in [1.807, 2.05) is 18.2 Å². The van der Waals surface area contributed by atoms with Gasteiger partial charge in [-0.25, -0.2) is 0 Å². The van der Waals surface area contributed by atoms with Gasteiger partial charge in [0.05, 0.1) is 4.47 Å². The minimum absolute atomic E-state index is 0.225. The van der Waals surface area contributed by atoms with Gasteiger partial charge < -0.3 is 10.5 Å². The van der Waals surface area contributed by atoms with Crippen LogP contribution in [0.1, 0.15) is 44.9 Å². The van der Waals surface area contributed by atoms with E-state index in [9.17, 15) is 0 Å². The van der Waals surface area contributed by atoms with E-state index >= 15 is 0 Å². The maximum atomic E-state index is 6.36. The lowest BCUT2D eigenvalue weighted by atomic mass is 9.58. The summed E-state index contributed by atoms with van der Waals surface area (Å²) in [5, 5.41) is 0. The van der Waals surface area contributed by atoms with Gasteiger partial charge in [0, 0.05) is 22.4 Å². The van der Waals surface area contributed by atoms with Crippen molar-refractivity contribution in [1.29, 1.82) is 0 Å². The molecule has 0 aliphatic heterocycles. The van der Waals surface area contributed by atoms with Crippen molar-refractivity contribution in [3.05, 3.63) is 27.1 Å². The summed E-state index contributed by atoms with van der Waals surface area (Å²) < 4.78 is 8.38. The van der Waals surface area contributed by atoms with Gasteiger partial charge in [-0.05, 0) is 47.0 Å². The largest absolute Gasteiger partial charge is 0.489 e. The zero-order chi connectivity index (χ0) is 14.2. The molecule has 0 radical (unpaired) electrons. The van der Waals surface area contributed by atoms with Crippen LogP contribution < -0.4 is 10.5 Å². The van der Waals surface area contributed by atoms with Crippen molar-refractivity contribution in [1.82, 2.24) is 0 Å². The summed E-state index contributed by atoms with van der Waals surface area (Å²) >= 11 is 7.06. The Hall–Kier alpha value is -0.0600. The lowest BCUT2D eigenvalue weighted by Gasteiger charge is -2.54. The first-order valence-electron chi connectivity index (χ1n) is 7.49. The van der Waals surface area contributed by atoms with Crippen molar-refractivity contribution >= 4 is 31.9 Å². The lowest BCUT2D eigenvalue weighted by molar-refractivity contribution is -0.0773. The molecule has 2 nitrogen and oxygen atoms in total. The maximum absolute atomic E-state index is 6.36. The summed E-state index contributed by atoms with van der Waals surface area (Å²) in [6, 6.07) is 6.41. The van der Waals surface area contributed by atoms with Gasteiger partial charge in [0.2, 0.25) is 0 Å². The van der Waals surface area contributed by atoms with E-state index in [1.54, 1.807) is 0 Å². The van der Waals surface area contributed by atoms with Crippen molar-refractivity contribution in [3.63, 3.8) is 0 Å². The van der Waals surface area contributed by atoms with Crippen LogP contribution in [0.3, 0.4) is 0 Å². The number of rotatable bonds is 2. The Morgan fingerprint density at radius 2 is 1.80 bits per heavy atom. The van der Waals surface area contributed by atoms with Crippen LogP contribution in [-0.4, -0.2) is 12.1 Å². The summed E-state index contributed by atoms with van der Waals surface area (Å²) in [6.07, 6.45) is 9.03. The Kier molecular flexibility index (Phi) is 4.44. The van der Waals surface area contributed by atoms with Gasteiger partial charge in [0.25, 0.3) is 0 Å². The van der Waals surface area contributed by atoms with E-state index in [2.05, 4.69) is 31.9 Å². The van der Waals surface area contributed by atoms with Gasteiger partial charge >= 0.3 is 0 Å². The molecule has 2 N–H and O–H groups in total. The maximum Gasteiger partial charge on any atom is 0.134 e. The van der Waals surface area contributed by atoms with Crippen LogP contribution in [0.15, 0.2) is 27.1 Å². The molecular weight excluding hydrogens is 382 g/mol. The average molecular weight is 403 g/mol. The van der Waals surface area contributed by atoms with Gasteiger partial charge in [0.1, 0.15) is 11.9 Å². The van der Waals surface area contributed by atoms with E-state index in [0.29, 0.717) is 6.04 Å². The Balaban J connectivity index is 1.76. The third kappa shape index (κ3) is 2.67. The summed E-state index contributed by atoms with van der Waals surface area (Å²) in [6.45, 7) is 0. The zero-order valence-electron chi connectivity index (χ0n) is 11.6. The van der Waals surface area contributed by atoms with Crippen molar-refractivity contribution < 1.29 is 4.74 Å². The van der Waals surface area contributed by atoms with Gasteiger partial charge in [-0.15, -0.1) is 0 Å². The van der Waals surface area contributed by atoms with Crippen molar-refractivity contribution in [2.24, 2.45) is 11.1 Å². The smallest absolute Gasteiger partial charge is 0.134 e. The second-order valence-corrected chi connectivity index (χ2v) is 7.94. The van der Waals surface area contributed by atoms with Crippen LogP contribution >= 0.6 is 31.9 Å². The highest BCUT2D eigenvalue weighted by Crippen LogP contribution is 2.52. The van der Waals surface area contributed by atoms with Gasteiger partial charge in [0.15, 0.2) is 0 Å². The van der Waals surface area contributed by atoms with Gasteiger partial charge in [-0.3, -0.25) is 0 Å². The highest BCUT2D eigenvalue weighted by molar-refractivity contribution is 9.11. The number of hydrogen-bond acceptors (Lipinski definition) is 2. The molecule has 2 fully saturated rings. The van der Waals surface area contributed by atoms with Gasteiger partial charge in [-0.2, -0.15) is 0 Å². The fourth-order valence-electron chi connectivity index (χ4n) is 3.75. The Bertz CT molecular complexity index is 483. The highest BCUT2D eigenvalue weighted by Gasteiger charge is 2.54. The van der Waals surface area contributed by atoms with E-state index < -0.39 is 0 Å².